The predicted molar refractivity (Wildman–Crippen MR) is 92.7 cm³/mol. The number of anilines is 1. The molecule has 0 aliphatic heterocycles. The Hall–Kier alpha value is -2.29. The number of Topliss-reactive ketones (excluding diaryl/α,β-unsaturated/α-hetero) is 1. The van der Waals surface area contributed by atoms with Crippen LogP contribution in [0.25, 0.3) is 0 Å². The van der Waals surface area contributed by atoms with Gasteiger partial charge in [-0.15, -0.1) is 0 Å². The number of ketones is 1. The van der Waals surface area contributed by atoms with Gasteiger partial charge in [-0.05, 0) is 36.3 Å². The first kappa shape index (κ1) is 18.5. The van der Waals surface area contributed by atoms with Crippen molar-refractivity contribution in [2.75, 3.05) is 10.5 Å². The van der Waals surface area contributed by atoms with E-state index in [0.717, 1.165) is 18.6 Å². The van der Waals surface area contributed by atoms with Gasteiger partial charge in [-0.25, -0.2) is 13.2 Å². The number of carboxylic acids is 1. The van der Waals surface area contributed by atoms with Gasteiger partial charge in [0.15, 0.2) is 5.75 Å². The normalized spacial score (nSPS) is 26.8. The van der Waals surface area contributed by atoms with E-state index < -0.39 is 55.3 Å². The fraction of sp³-hybridized carbons (Fsp3) is 0.529. The van der Waals surface area contributed by atoms with Crippen LogP contribution in [0.4, 0.5) is 5.69 Å². The number of fused-ring (bicyclic) bond motifs is 2. The maximum Gasteiger partial charge on any atom is 0.339 e. The van der Waals surface area contributed by atoms with Crippen LogP contribution in [0, 0.1) is 16.7 Å². The minimum Gasteiger partial charge on any atom is -0.506 e. The van der Waals surface area contributed by atoms with Gasteiger partial charge in [0.25, 0.3) is 0 Å². The lowest BCUT2D eigenvalue weighted by molar-refractivity contribution is -0.128. The first-order chi connectivity index (χ1) is 11.9. The first-order valence-electron chi connectivity index (χ1n) is 8.23. The number of aromatic hydroxyl groups is 2. The molecule has 2 aliphatic rings. The number of hydrogen-bond donors (Lipinski definition) is 4. The van der Waals surface area contributed by atoms with E-state index in [1.165, 1.54) is 0 Å². The lowest BCUT2D eigenvalue weighted by Gasteiger charge is -2.36. The summed E-state index contributed by atoms with van der Waals surface area (Å²) in [6.45, 7) is 3.79. The van der Waals surface area contributed by atoms with E-state index in [2.05, 4.69) is 4.72 Å². The molecule has 2 atom stereocenters. The fourth-order valence-corrected chi connectivity index (χ4v) is 6.39. The number of benzene rings is 1. The summed E-state index contributed by atoms with van der Waals surface area (Å²) in [6, 6.07) is 1.95. The zero-order chi connectivity index (χ0) is 19.5. The average molecular weight is 383 g/mol. The summed E-state index contributed by atoms with van der Waals surface area (Å²) < 4.78 is 27.5. The monoisotopic (exact) mass is 383 g/mol. The molecule has 0 heterocycles. The van der Waals surface area contributed by atoms with Crippen molar-refractivity contribution in [1.82, 2.24) is 0 Å². The van der Waals surface area contributed by atoms with Crippen molar-refractivity contribution in [3.05, 3.63) is 17.7 Å². The number of carbonyl (C=O) groups excluding carboxylic acids is 1. The molecule has 2 unspecified atom stereocenters. The molecule has 9 heteroatoms. The van der Waals surface area contributed by atoms with Gasteiger partial charge in [0.2, 0.25) is 10.0 Å². The molecule has 8 nitrogen and oxygen atoms in total. The van der Waals surface area contributed by atoms with Crippen LogP contribution >= 0.6 is 0 Å². The van der Waals surface area contributed by atoms with E-state index in [0.29, 0.717) is 12.8 Å². The molecule has 1 aromatic rings. The van der Waals surface area contributed by atoms with Crippen LogP contribution in [0.1, 0.15) is 43.5 Å². The Labute approximate surface area is 150 Å². The Morgan fingerprint density at radius 2 is 1.96 bits per heavy atom. The number of rotatable bonds is 5. The van der Waals surface area contributed by atoms with Crippen LogP contribution < -0.4 is 4.72 Å². The lowest BCUT2D eigenvalue weighted by atomic mass is 9.70. The van der Waals surface area contributed by atoms with Gasteiger partial charge in [-0.3, -0.25) is 9.52 Å². The summed E-state index contributed by atoms with van der Waals surface area (Å²) >= 11 is 0. The topological polar surface area (TPSA) is 141 Å². The highest BCUT2D eigenvalue weighted by Gasteiger charge is 2.65. The Morgan fingerprint density at radius 3 is 2.46 bits per heavy atom. The predicted octanol–water partition coefficient (Wildman–Crippen LogP) is 1.93. The maximum absolute atomic E-state index is 12.7. The number of sulfonamides is 1. The standard InChI is InChI=1S/C17H21NO7S/c1-16(2)9-5-6-17(16,12(20)7-9)8-26(24,25)18-13-11(19)4-3-10(14(13)21)15(22)23/h3-4,9,18-19,21H,5-8H2,1-2H3,(H,22,23). The third-order valence-corrected chi connectivity index (χ3v) is 7.61. The molecule has 0 radical (unpaired) electrons. The second-order valence-corrected chi connectivity index (χ2v) is 9.41. The molecule has 4 N–H and O–H groups in total. The molecule has 2 fully saturated rings. The minimum atomic E-state index is -4.14. The smallest absolute Gasteiger partial charge is 0.339 e. The molecule has 0 saturated heterocycles. The second-order valence-electron chi connectivity index (χ2n) is 7.69. The Morgan fingerprint density at radius 1 is 1.31 bits per heavy atom. The van der Waals surface area contributed by atoms with Crippen LogP contribution in [-0.2, 0) is 14.8 Å². The summed E-state index contributed by atoms with van der Waals surface area (Å²) in [6.07, 6.45) is 1.60. The molecule has 142 valence electrons. The SMILES string of the molecule is CC1(C)C2CCC1(CS(=O)(=O)Nc1c(O)ccc(C(=O)O)c1O)C(=O)C2. The summed E-state index contributed by atoms with van der Waals surface area (Å²) in [5.41, 5.74) is -2.62. The van der Waals surface area contributed by atoms with Crippen LogP contribution in [0.15, 0.2) is 12.1 Å². The van der Waals surface area contributed by atoms with Crippen LogP contribution in [0.5, 0.6) is 11.5 Å². The van der Waals surface area contributed by atoms with Crippen molar-refractivity contribution in [3.63, 3.8) is 0 Å². The Balaban J connectivity index is 1.95. The van der Waals surface area contributed by atoms with Gasteiger partial charge in [0.1, 0.15) is 22.8 Å². The van der Waals surface area contributed by atoms with Gasteiger partial charge < -0.3 is 15.3 Å². The van der Waals surface area contributed by atoms with Crippen molar-refractivity contribution >= 4 is 27.5 Å². The average Bonchev–Trinajstić information content (AvgIpc) is 2.84. The number of phenolic OH excluding ortho intramolecular Hbond substituents is 1. The number of carbonyl (C=O) groups is 2. The van der Waals surface area contributed by atoms with E-state index in [1.807, 2.05) is 13.8 Å². The van der Waals surface area contributed by atoms with Crippen LogP contribution in [-0.4, -0.2) is 41.2 Å². The molecular formula is C17H21NO7S. The number of carboxylic acid groups (broad SMARTS) is 1. The molecule has 0 spiro atoms. The van der Waals surface area contributed by atoms with E-state index in [9.17, 15) is 28.2 Å². The summed E-state index contributed by atoms with van der Waals surface area (Å²) in [5.74, 6) is -3.36. The van der Waals surface area contributed by atoms with Gasteiger partial charge >= 0.3 is 5.97 Å². The molecule has 3 rings (SSSR count). The van der Waals surface area contributed by atoms with Crippen molar-refractivity contribution in [2.24, 2.45) is 16.7 Å². The number of nitrogens with one attached hydrogen (secondary N) is 1. The second kappa shape index (κ2) is 5.60. The zero-order valence-corrected chi connectivity index (χ0v) is 15.3. The number of aromatic carboxylic acids is 1. The van der Waals surface area contributed by atoms with Gasteiger partial charge in [0, 0.05) is 6.42 Å². The minimum absolute atomic E-state index is 0.0862. The van der Waals surface area contributed by atoms with Crippen molar-refractivity contribution in [3.8, 4) is 11.5 Å². The van der Waals surface area contributed by atoms with Crippen molar-refractivity contribution in [1.29, 1.82) is 0 Å². The number of hydrogen-bond acceptors (Lipinski definition) is 6. The maximum atomic E-state index is 12.7. The molecule has 0 amide bonds. The first-order valence-corrected chi connectivity index (χ1v) is 9.88. The van der Waals surface area contributed by atoms with Crippen LogP contribution in [0.3, 0.4) is 0 Å². The highest BCUT2D eigenvalue weighted by atomic mass is 32.2. The molecule has 2 saturated carbocycles. The highest BCUT2D eigenvalue weighted by molar-refractivity contribution is 7.92. The largest absolute Gasteiger partial charge is 0.506 e. The van der Waals surface area contributed by atoms with E-state index in [4.69, 9.17) is 5.11 Å². The highest BCUT2D eigenvalue weighted by Crippen LogP contribution is 2.64. The van der Waals surface area contributed by atoms with Gasteiger partial charge in [0.05, 0.1) is 11.2 Å². The summed E-state index contributed by atoms with van der Waals surface area (Å²) in [4.78, 5) is 23.6. The zero-order valence-electron chi connectivity index (χ0n) is 14.4. The molecule has 2 bridgehead atoms. The quantitative estimate of drug-likeness (QED) is 0.569. The van der Waals surface area contributed by atoms with Crippen LogP contribution in [0.2, 0.25) is 0 Å². The van der Waals surface area contributed by atoms with Crippen molar-refractivity contribution in [2.45, 2.75) is 33.1 Å². The third kappa shape index (κ3) is 2.53. The van der Waals surface area contributed by atoms with E-state index in [-0.39, 0.29) is 11.7 Å². The van der Waals surface area contributed by atoms with Gasteiger partial charge in [-0.2, -0.15) is 0 Å². The van der Waals surface area contributed by atoms with E-state index in [1.54, 1.807) is 0 Å². The number of phenols is 2. The Bertz CT molecular complexity index is 906. The van der Waals surface area contributed by atoms with E-state index >= 15 is 0 Å². The molecule has 2 aliphatic carbocycles. The summed E-state index contributed by atoms with van der Waals surface area (Å²) in [7, 11) is -4.14. The molecular weight excluding hydrogens is 362 g/mol. The Kier molecular flexibility index (Phi) is 3.99. The summed E-state index contributed by atoms with van der Waals surface area (Å²) in [5, 5.41) is 28.9. The molecule has 1 aromatic carbocycles. The molecule has 0 aromatic heterocycles. The van der Waals surface area contributed by atoms with Crippen molar-refractivity contribution < 1.29 is 33.3 Å². The lowest BCUT2D eigenvalue weighted by Crippen LogP contribution is -2.43. The molecule has 26 heavy (non-hydrogen) atoms. The fourth-order valence-electron chi connectivity index (χ4n) is 4.48. The third-order valence-electron chi connectivity index (χ3n) is 6.22. The van der Waals surface area contributed by atoms with Gasteiger partial charge in [-0.1, -0.05) is 13.8 Å².